The second-order valence-electron chi connectivity index (χ2n) is 11.1. The maximum absolute atomic E-state index is 6.48. The zero-order chi connectivity index (χ0) is 30.5. The molecule has 0 aliphatic carbocycles. The van der Waals surface area contributed by atoms with Gasteiger partial charge in [0.1, 0.15) is 16.7 Å². The highest BCUT2D eigenvalue weighted by Gasteiger charge is 2.17. The predicted molar refractivity (Wildman–Crippen MR) is 182 cm³/mol. The van der Waals surface area contributed by atoms with Gasteiger partial charge in [-0.2, -0.15) is 0 Å². The Bertz CT molecular complexity index is 2460. The maximum atomic E-state index is 6.48. The van der Waals surface area contributed by atoms with Gasteiger partial charge in [-0.3, -0.25) is 0 Å². The van der Waals surface area contributed by atoms with Crippen molar-refractivity contribution in [1.82, 2.24) is 19.9 Å². The second kappa shape index (κ2) is 10.6. The van der Waals surface area contributed by atoms with Crippen molar-refractivity contribution in [3.05, 3.63) is 146 Å². The molecule has 0 aliphatic heterocycles. The minimum Gasteiger partial charge on any atom is -0.456 e. The molecule has 46 heavy (non-hydrogen) atoms. The molecule has 0 radical (unpaired) electrons. The van der Waals surface area contributed by atoms with Gasteiger partial charge in [0.05, 0.1) is 0 Å². The molecule has 0 amide bonds. The van der Waals surface area contributed by atoms with Gasteiger partial charge in [0, 0.05) is 38.6 Å². The van der Waals surface area contributed by atoms with E-state index in [-0.39, 0.29) is 0 Å². The Labute approximate surface area is 263 Å². The average molecular weight is 593 g/mol. The van der Waals surface area contributed by atoms with Crippen molar-refractivity contribution in [3.8, 4) is 56.7 Å². The molecular formula is C40H24N4O2. The summed E-state index contributed by atoms with van der Waals surface area (Å²) in [5.74, 6) is 2.43. The van der Waals surface area contributed by atoms with Crippen LogP contribution in [0.15, 0.2) is 154 Å². The highest BCUT2D eigenvalue weighted by Crippen LogP contribution is 2.37. The summed E-state index contributed by atoms with van der Waals surface area (Å²) in [6, 6.07) is 48.4. The van der Waals surface area contributed by atoms with Crippen molar-refractivity contribution in [2.45, 2.75) is 0 Å². The molecule has 0 fully saturated rings. The molecule has 6 aromatic carbocycles. The van der Waals surface area contributed by atoms with E-state index in [2.05, 4.69) is 30.3 Å². The number of hydrogen-bond acceptors (Lipinski definition) is 6. The summed E-state index contributed by atoms with van der Waals surface area (Å²) in [5.41, 5.74) is 8.71. The summed E-state index contributed by atoms with van der Waals surface area (Å²) in [6.45, 7) is 0. The predicted octanol–water partition coefficient (Wildman–Crippen LogP) is 10.2. The fourth-order valence-corrected chi connectivity index (χ4v) is 5.90. The van der Waals surface area contributed by atoms with Crippen LogP contribution in [-0.4, -0.2) is 19.9 Å². The van der Waals surface area contributed by atoms with Gasteiger partial charge in [0.25, 0.3) is 0 Å². The summed E-state index contributed by atoms with van der Waals surface area (Å²) in [6.07, 6.45) is 0. The van der Waals surface area contributed by atoms with E-state index in [4.69, 9.17) is 28.8 Å². The first-order valence-corrected chi connectivity index (χ1v) is 15.1. The molecule has 0 N–H and O–H groups in total. The largest absolute Gasteiger partial charge is 0.456 e. The summed E-state index contributed by atoms with van der Waals surface area (Å²) in [5, 5.41) is 2.06. The number of para-hydroxylation sites is 1. The van der Waals surface area contributed by atoms with Crippen LogP contribution in [0.1, 0.15) is 0 Å². The summed E-state index contributed by atoms with van der Waals surface area (Å²) in [7, 11) is 0. The lowest BCUT2D eigenvalue weighted by molar-refractivity contribution is 0.621. The van der Waals surface area contributed by atoms with Gasteiger partial charge in [-0.05, 0) is 48.0 Å². The number of fused-ring (bicyclic) bond motifs is 4. The quantitative estimate of drug-likeness (QED) is 0.198. The molecule has 0 bridgehead atoms. The molecule has 9 aromatic rings. The number of rotatable bonds is 5. The Morgan fingerprint density at radius 1 is 0.370 bits per heavy atom. The van der Waals surface area contributed by atoms with Crippen molar-refractivity contribution < 1.29 is 8.83 Å². The maximum Gasteiger partial charge on any atom is 0.227 e. The standard InChI is InChI=1S/C40H24N4O2/c1-4-11-25(12-5-1)37-42-38(26-13-6-2-7-14-26)44-39(43-37)29-20-22-32-31-21-19-28(23-34(31)45-35(32)24-29)30-17-10-18-33-36(30)46-40(41-33)27-15-8-3-9-16-27/h1-24H. The Morgan fingerprint density at radius 3 is 1.50 bits per heavy atom. The Morgan fingerprint density at radius 2 is 0.891 bits per heavy atom. The number of nitrogens with zero attached hydrogens (tertiary/aromatic N) is 4. The molecule has 0 atom stereocenters. The van der Waals surface area contributed by atoms with Crippen LogP contribution < -0.4 is 0 Å². The van der Waals surface area contributed by atoms with E-state index < -0.39 is 0 Å². The molecule has 0 aliphatic rings. The van der Waals surface area contributed by atoms with E-state index in [0.29, 0.717) is 23.4 Å². The third-order valence-electron chi connectivity index (χ3n) is 8.18. The number of oxazole rings is 1. The van der Waals surface area contributed by atoms with E-state index >= 15 is 0 Å². The molecule has 0 saturated heterocycles. The highest BCUT2D eigenvalue weighted by atomic mass is 16.3. The topological polar surface area (TPSA) is 77.8 Å². The van der Waals surface area contributed by atoms with Crippen molar-refractivity contribution in [1.29, 1.82) is 0 Å². The average Bonchev–Trinajstić information content (AvgIpc) is 3.74. The molecule has 9 rings (SSSR count). The SMILES string of the molecule is c1ccc(-c2nc(-c3ccccc3)nc(-c3ccc4c(c3)oc3cc(-c5cccc6nc(-c7ccccc7)oc56)ccc34)n2)cc1. The lowest BCUT2D eigenvalue weighted by atomic mass is 10.0. The lowest BCUT2D eigenvalue weighted by Gasteiger charge is -2.08. The van der Waals surface area contributed by atoms with Crippen LogP contribution in [0.25, 0.3) is 89.8 Å². The molecule has 0 spiro atoms. The van der Waals surface area contributed by atoms with E-state index in [1.165, 1.54) is 0 Å². The molecule has 216 valence electrons. The fraction of sp³-hybridized carbons (Fsp3) is 0. The van der Waals surface area contributed by atoms with Gasteiger partial charge in [0.15, 0.2) is 23.1 Å². The molecule has 0 unspecified atom stereocenters. The van der Waals surface area contributed by atoms with E-state index in [0.717, 1.165) is 66.4 Å². The minimum atomic E-state index is 0.585. The van der Waals surface area contributed by atoms with E-state index in [1.54, 1.807) is 0 Å². The smallest absolute Gasteiger partial charge is 0.227 e. The summed E-state index contributed by atoms with van der Waals surface area (Å²) < 4.78 is 12.8. The number of furan rings is 1. The monoisotopic (exact) mass is 592 g/mol. The molecule has 3 heterocycles. The Balaban J connectivity index is 1.14. The third kappa shape index (κ3) is 4.52. The van der Waals surface area contributed by atoms with Crippen LogP contribution in [-0.2, 0) is 0 Å². The van der Waals surface area contributed by atoms with Gasteiger partial charge in [0.2, 0.25) is 5.89 Å². The first-order chi connectivity index (χ1) is 22.8. The van der Waals surface area contributed by atoms with Crippen molar-refractivity contribution in [2.24, 2.45) is 0 Å². The second-order valence-corrected chi connectivity index (χ2v) is 11.1. The van der Waals surface area contributed by atoms with E-state index in [1.807, 2.05) is 115 Å². The number of benzene rings is 6. The van der Waals surface area contributed by atoms with Crippen LogP contribution >= 0.6 is 0 Å². The summed E-state index contributed by atoms with van der Waals surface area (Å²) in [4.78, 5) is 19.3. The molecule has 3 aromatic heterocycles. The van der Waals surface area contributed by atoms with Crippen molar-refractivity contribution in [2.75, 3.05) is 0 Å². The first kappa shape index (κ1) is 26.0. The third-order valence-corrected chi connectivity index (χ3v) is 8.18. The lowest BCUT2D eigenvalue weighted by Crippen LogP contribution is -2.00. The molecular weight excluding hydrogens is 568 g/mol. The zero-order valence-electron chi connectivity index (χ0n) is 24.5. The number of aromatic nitrogens is 4. The van der Waals surface area contributed by atoms with Crippen molar-refractivity contribution >= 4 is 33.0 Å². The van der Waals surface area contributed by atoms with Crippen LogP contribution in [0.3, 0.4) is 0 Å². The molecule has 0 saturated carbocycles. The number of hydrogen-bond donors (Lipinski definition) is 0. The van der Waals surface area contributed by atoms with Gasteiger partial charge < -0.3 is 8.83 Å². The van der Waals surface area contributed by atoms with Crippen LogP contribution in [0, 0.1) is 0 Å². The highest BCUT2D eigenvalue weighted by molar-refractivity contribution is 6.07. The normalized spacial score (nSPS) is 11.5. The minimum absolute atomic E-state index is 0.585. The Kier molecular flexibility index (Phi) is 6.03. The van der Waals surface area contributed by atoms with E-state index in [9.17, 15) is 0 Å². The van der Waals surface area contributed by atoms with Crippen LogP contribution in [0.5, 0.6) is 0 Å². The van der Waals surface area contributed by atoms with Gasteiger partial charge in [-0.1, -0.05) is 103 Å². The zero-order valence-corrected chi connectivity index (χ0v) is 24.5. The summed E-state index contributed by atoms with van der Waals surface area (Å²) >= 11 is 0. The first-order valence-electron chi connectivity index (χ1n) is 15.1. The van der Waals surface area contributed by atoms with Crippen molar-refractivity contribution in [3.63, 3.8) is 0 Å². The molecule has 6 heteroatoms. The van der Waals surface area contributed by atoms with Gasteiger partial charge in [-0.25, -0.2) is 19.9 Å². The van der Waals surface area contributed by atoms with Gasteiger partial charge in [-0.15, -0.1) is 0 Å². The fourth-order valence-electron chi connectivity index (χ4n) is 5.90. The van der Waals surface area contributed by atoms with Crippen LogP contribution in [0.4, 0.5) is 0 Å². The van der Waals surface area contributed by atoms with Gasteiger partial charge >= 0.3 is 0 Å². The Hall–Kier alpha value is -6.40. The van der Waals surface area contributed by atoms with Crippen LogP contribution in [0.2, 0.25) is 0 Å². The molecule has 6 nitrogen and oxygen atoms in total.